The molecular formula is C22H24BrNO5. The summed E-state index contributed by atoms with van der Waals surface area (Å²) < 4.78 is 11.5. The van der Waals surface area contributed by atoms with E-state index in [1.807, 2.05) is 24.3 Å². The Kier molecular flexibility index (Phi) is 6.27. The molecule has 6 nitrogen and oxygen atoms in total. The van der Waals surface area contributed by atoms with Gasteiger partial charge in [-0.15, -0.1) is 0 Å². The van der Waals surface area contributed by atoms with Crippen molar-refractivity contribution in [1.82, 2.24) is 4.90 Å². The number of benzene rings is 2. The maximum atomic E-state index is 12.7. The molecule has 29 heavy (non-hydrogen) atoms. The smallest absolute Gasteiger partial charge is 0.411 e. The molecule has 0 radical (unpaired) electrons. The van der Waals surface area contributed by atoms with Crippen molar-refractivity contribution in [2.45, 2.75) is 45.3 Å². The van der Waals surface area contributed by atoms with Crippen LogP contribution in [0.1, 0.15) is 44.0 Å². The third kappa shape index (κ3) is 4.96. The van der Waals surface area contributed by atoms with Crippen LogP contribution in [0.3, 0.4) is 0 Å². The highest BCUT2D eigenvalue weighted by atomic mass is 79.9. The van der Waals surface area contributed by atoms with E-state index in [2.05, 4.69) is 15.9 Å². The Morgan fingerprint density at radius 1 is 1.10 bits per heavy atom. The zero-order valence-electron chi connectivity index (χ0n) is 16.7. The number of rotatable bonds is 4. The van der Waals surface area contributed by atoms with Crippen molar-refractivity contribution >= 4 is 44.5 Å². The van der Waals surface area contributed by atoms with Gasteiger partial charge in [0.15, 0.2) is 6.61 Å². The van der Waals surface area contributed by atoms with Crippen LogP contribution in [0.4, 0.5) is 4.79 Å². The van der Waals surface area contributed by atoms with Crippen LogP contribution in [-0.2, 0) is 14.3 Å². The molecule has 1 heterocycles. The molecule has 0 N–H and O–H groups in total. The minimum absolute atomic E-state index is 0.288. The molecule has 1 fully saturated rings. The van der Waals surface area contributed by atoms with Crippen molar-refractivity contribution in [2.75, 3.05) is 13.2 Å². The highest BCUT2D eigenvalue weighted by Gasteiger charge is 2.37. The van der Waals surface area contributed by atoms with Gasteiger partial charge in [0.1, 0.15) is 11.6 Å². The first kappa shape index (κ1) is 21.3. The van der Waals surface area contributed by atoms with E-state index in [0.717, 1.165) is 15.2 Å². The third-order valence-electron chi connectivity index (χ3n) is 4.67. The summed E-state index contributed by atoms with van der Waals surface area (Å²) >= 11 is 3.48. The maximum Gasteiger partial charge on any atom is 0.411 e. The summed E-state index contributed by atoms with van der Waals surface area (Å²) in [6.45, 7) is 5.38. The van der Waals surface area contributed by atoms with E-state index in [4.69, 9.17) is 9.47 Å². The number of carbonyl (C=O) groups excluding carboxylic acids is 3. The first-order chi connectivity index (χ1) is 13.7. The van der Waals surface area contributed by atoms with E-state index < -0.39 is 23.7 Å². The molecule has 7 heteroatoms. The second kappa shape index (κ2) is 8.53. The molecule has 1 unspecified atom stereocenters. The van der Waals surface area contributed by atoms with Gasteiger partial charge in [-0.1, -0.05) is 40.2 Å². The lowest BCUT2D eigenvalue weighted by Crippen LogP contribution is -2.44. The molecule has 1 saturated heterocycles. The Hall–Kier alpha value is -2.41. The molecule has 0 spiro atoms. The minimum Gasteiger partial charge on any atom is -0.456 e. The van der Waals surface area contributed by atoms with Gasteiger partial charge in [-0.3, -0.25) is 9.69 Å². The fraction of sp³-hybridized carbons (Fsp3) is 0.409. The number of Topliss-reactive ketones (excluding diaryl/α,β-unsaturated/α-hetero) is 1. The standard InChI is InChI=1S/C22H24BrNO5/c1-22(2,3)29-21(27)24-12-6-9-18(24)20(26)28-13-19(25)16-10-11-17(23)15-8-5-4-7-14(15)16/h4-5,7-8,10-11,18H,6,9,12-13H2,1-3H3. The van der Waals surface area contributed by atoms with Crippen LogP contribution >= 0.6 is 15.9 Å². The van der Waals surface area contributed by atoms with E-state index >= 15 is 0 Å². The van der Waals surface area contributed by atoms with Gasteiger partial charge in [0.05, 0.1) is 0 Å². The molecule has 2 aromatic rings. The second-order valence-corrected chi connectivity index (χ2v) is 8.86. The first-order valence-electron chi connectivity index (χ1n) is 9.54. The zero-order valence-corrected chi connectivity index (χ0v) is 18.3. The van der Waals surface area contributed by atoms with Crippen LogP contribution in [0.15, 0.2) is 40.9 Å². The van der Waals surface area contributed by atoms with Crippen LogP contribution in [0.25, 0.3) is 10.8 Å². The topological polar surface area (TPSA) is 72.9 Å². The number of likely N-dealkylation sites (tertiary alicyclic amines) is 1. The molecule has 1 aliphatic heterocycles. The van der Waals surface area contributed by atoms with E-state index in [1.165, 1.54) is 4.90 Å². The number of hydrogen-bond acceptors (Lipinski definition) is 5. The van der Waals surface area contributed by atoms with Crippen LogP contribution in [0, 0.1) is 0 Å². The quantitative estimate of drug-likeness (QED) is 0.486. The van der Waals surface area contributed by atoms with E-state index in [0.29, 0.717) is 24.9 Å². The van der Waals surface area contributed by atoms with Gasteiger partial charge in [-0.2, -0.15) is 0 Å². The summed E-state index contributed by atoms with van der Waals surface area (Å²) in [5.74, 6) is -0.869. The second-order valence-electron chi connectivity index (χ2n) is 8.00. The van der Waals surface area contributed by atoms with Crippen LogP contribution < -0.4 is 0 Å². The summed E-state index contributed by atoms with van der Waals surface area (Å²) in [5, 5.41) is 1.70. The number of hydrogen-bond donors (Lipinski definition) is 0. The normalized spacial score (nSPS) is 16.7. The number of halogens is 1. The summed E-state index contributed by atoms with van der Waals surface area (Å²) in [4.78, 5) is 39.0. The molecule has 0 aromatic heterocycles. The minimum atomic E-state index is -0.723. The Morgan fingerprint density at radius 3 is 2.48 bits per heavy atom. The fourth-order valence-corrected chi connectivity index (χ4v) is 3.84. The number of nitrogens with zero attached hydrogens (tertiary/aromatic N) is 1. The van der Waals surface area contributed by atoms with Crippen molar-refractivity contribution in [2.24, 2.45) is 0 Å². The molecule has 154 valence electrons. The van der Waals surface area contributed by atoms with Crippen LogP contribution in [-0.4, -0.2) is 47.5 Å². The van der Waals surface area contributed by atoms with Gasteiger partial charge in [-0.05, 0) is 56.5 Å². The Balaban J connectivity index is 1.67. The number of carbonyl (C=O) groups is 3. The Labute approximate surface area is 178 Å². The van der Waals surface area contributed by atoms with Gasteiger partial charge in [0.25, 0.3) is 0 Å². The first-order valence-corrected chi connectivity index (χ1v) is 10.3. The maximum absolute atomic E-state index is 12.7. The predicted octanol–water partition coefficient (Wildman–Crippen LogP) is 4.73. The van der Waals surface area contributed by atoms with Crippen molar-refractivity contribution in [3.05, 3.63) is 46.4 Å². The third-order valence-corrected chi connectivity index (χ3v) is 5.36. The number of amides is 1. The Bertz CT molecular complexity index is 950. The largest absolute Gasteiger partial charge is 0.456 e. The Morgan fingerprint density at radius 2 is 1.79 bits per heavy atom. The van der Waals surface area contributed by atoms with E-state index in [-0.39, 0.29) is 12.4 Å². The molecule has 1 atom stereocenters. The van der Waals surface area contributed by atoms with Crippen molar-refractivity contribution in [3.63, 3.8) is 0 Å². The zero-order chi connectivity index (χ0) is 21.2. The van der Waals surface area contributed by atoms with Crippen LogP contribution in [0.2, 0.25) is 0 Å². The lowest BCUT2D eigenvalue weighted by Gasteiger charge is -2.27. The summed E-state index contributed by atoms with van der Waals surface area (Å²) in [5.41, 5.74) is -0.153. The van der Waals surface area contributed by atoms with Gasteiger partial charge in [-0.25, -0.2) is 9.59 Å². The fourth-order valence-electron chi connectivity index (χ4n) is 3.37. The van der Waals surface area contributed by atoms with Crippen molar-refractivity contribution in [1.29, 1.82) is 0 Å². The lowest BCUT2D eigenvalue weighted by atomic mass is 10.0. The molecule has 2 aromatic carbocycles. The molecule has 3 rings (SSSR count). The van der Waals surface area contributed by atoms with Crippen molar-refractivity contribution < 1.29 is 23.9 Å². The number of fused-ring (bicyclic) bond motifs is 1. The lowest BCUT2D eigenvalue weighted by molar-refractivity contribution is -0.147. The molecular weight excluding hydrogens is 438 g/mol. The van der Waals surface area contributed by atoms with Crippen molar-refractivity contribution in [3.8, 4) is 0 Å². The average Bonchev–Trinajstić information content (AvgIpc) is 3.15. The van der Waals surface area contributed by atoms with Gasteiger partial charge in [0.2, 0.25) is 5.78 Å². The number of esters is 1. The summed E-state index contributed by atoms with van der Waals surface area (Å²) in [7, 11) is 0. The predicted molar refractivity (Wildman–Crippen MR) is 113 cm³/mol. The average molecular weight is 462 g/mol. The monoisotopic (exact) mass is 461 g/mol. The van der Waals surface area contributed by atoms with E-state index in [1.54, 1.807) is 32.9 Å². The highest BCUT2D eigenvalue weighted by Crippen LogP contribution is 2.27. The van der Waals surface area contributed by atoms with Gasteiger partial charge < -0.3 is 9.47 Å². The van der Waals surface area contributed by atoms with E-state index in [9.17, 15) is 14.4 Å². The van der Waals surface area contributed by atoms with Gasteiger partial charge in [0, 0.05) is 16.6 Å². The summed E-state index contributed by atoms with van der Waals surface area (Å²) in [6.07, 6.45) is 0.639. The SMILES string of the molecule is CC(C)(C)OC(=O)N1CCCC1C(=O)OCC(=O)c1ccc(Br)c2ccccc12. The number of ether oxygens (including phenoxy) is 2. The highest BCUT2D eigenvalue weighted by molar-refractivity contribution is 9.10. The molecule has 0 bridgehead atoms. The molecule has 0 saturated carbocycles. The number of ketones is 1. The molecule has 1 amide bonds. The summed E-state index contributed by atoms with van der Waals surface area (Å²) in [6, 6.07) is 10.3. The molecule has 0 aliphatic carbocycles. The van der Waals surface area contributed by atoms with Crippen LogP contribution in [0.5, 0.6) is 0 Å². The van der Waals surface area contributed by atoms with Gasteiger partial charge >= 0.3 is 12.1 Å². The molecule has 1 aliphatic rings.